The Morgan fingerprint density at radius 3 is 2.46 bits per heavy atom. The van der Waals surface area contributed by atoms with Crippen molar-refractivity contribution >= 4 is 57.0 Å². The van der Waals surface area contributed by atoms with Crippen LogP contribution in [0.2, 0.25) is 0 Å². The minimum Gasteiger partial charge on any atom is -0.497 e. The number of anilines is 1. The molecule has 2 N–H and O–H groups in total. The van der Waals surface area contributed by atoms with Crippen molar-refractivity contribution < 1.29 is 14.3 Å². The monoisotopic (exact) mass is 577 g/mol. The van der Waals surface area contributed by atoms with Gasteiger partial charge in [-0.1, -0.05) is 27.7 Å². The van der Waals surface area contributed by atoms with Gasteiger partial charge in [0.25, 0.3) is 5.91 Å². The summed E-state index contributed by atoms with van der Waals surface area (Å²) in [7, 11) is 1.59. The number of rotatable bonds is 12. The predicted octanol–water partition coefficient (Wildman–Crippen LogP) is 5.02. The van der Waals surface area contributed by atoms with Crippen LogP contribution < -0.4 is 15.4 Å². The molecule has 0 aliphatic carbocycles. The van der Waals surface area contributed by atoms with E-state index in [-0.39, 0.29) is 23.6 Å². The van der Waals surface area contributed by atoms with Crippen molar-refractivity contribution in [2.24, 2.45) is 0 Å². The van der Waals surface area contributed by atoms with Gasteiger partial charge >= 0.3 is 0 Å². The molecule has 186 valence electrons. The maximum atomic E-state index is 12.9. The molecule has 0 aliphatic heterocycles. The molecule has 35 heavy (non-hydrogen) atoms. The fraction of sp³-hybridized carbons (Fsp3) is 0.333. The van der Waals surface area contributed by atoms with Crippen LogP contribution in [0.3, 0.4) is 0 Å². The summed E-state index contributed by atoms with van der Waals surface area (Å²) in [5.41, 5.74) is 1.27. The van der Waals surface area contributed by atoms with Crippen molar-refractivity contribution in [3.63, 3.8) is 0 Å². The lowest BCUT2D eigenvalue weighted by molar-refractivity contribution is -0.113. The van der Waals surface area contributed by atoms with E-state index in [4.69, 9.17) is 4.74 Å². The van der Waals surface area contributed by atoms with Crippen molar-refractivity contribution in [1.82, 2.24) is 20.1 Å². The van der Waals surface area contributed by atoms with Crippen LogP contribution in [0.1, 0.15) is 35.6 Å². The lowest BCUT2D eigenvalue weighted by atomic mass is 10.1. The molecule has 0 saturated carbocycles. The Hall–Kier alpha value is -2.50. The van der Waals surface area contributed by atoms with Gasteiger partial charge in [0.15, 0.2) is 11.0 Å². The van der Waals surface area contributed by atoms with Crippen LogP contribution in [-0.4, -0.2) is 51.5 Å². The largest absolute Gasteiger partial charge is 0.497 e. The first-order valence-corrected chi connectivity index (χ1v) is 14.2. The zero-order valence-electron chi connectivity index (χ0n) is 19.8. The molecule has 11 heteroatoms. The van der Waals surface area contributed by atoms with E-state index < -0.39 is 0 Å². The normalized spacial score (nSPS) is 11.7. The molecule has 0 fully saturated rings. The highest BCUT2D eigenvalue weighted by Crippen LogP contribution is 2.24. The highest BCUT2D eigenvalue weighted by Gasteiger charge is 2.23. The quantitative estimate of drug-likeness (QED) is 0.291. The highest BCUT2D eigenvalue weighted by atomic mass is 79.9. The van der Waals surface area contributed by atoms with Gasteiger partial charge in [-0.15, -0.1) is 10.2 Å². The Kier molecular flexibility index (Phi) is 10.5. The molecular weight excluding hydrogens is 550 g/mol. The fourth-order valence-electron chi connectivity index (χ4n) is 3.31. The van der Waals surface area contributed by atoms with E-state index in [2.05, 4.69) is 36.8 Å². The molecule has 0 saturated heterocycles. The third kappa shape index (κ3) is 7.74. The number of hydrogen-bond donors (Lipinski definition) is 2. The zero-order chi connectivity index (χ0) is 25.2. The van der Waals surface area contributed by atoms with E-state index in [1.165, 1.54) is 11.8 Å². The Bertz CT molecular complexity index is 1120. The molecular formula is C24H28BrN5O3S2. The standard InChI is InChI=1S/C24H28BrN5O3S2/c1-4-30-22(20(13-14-34-3)27-23(32)16-5-11-19(33-2)12-6-16)28-29-24(30)35-15-21(31)26-18-9-7-17(25)8-10-18/h5-12,20H,4,13-15H2,1-3H3,(H,26,31)(H,27,32)/t20-/m0/s1. The third-order valence-electron chi connectivity index (χ3n) is 5.10. The Morgan fingerprint density at radius 2 is 1.83 bits per heavy atom. The molecule has 0 aliphatic rings. The summed E-state index contributed by atoms with van der Waals surface area (Å²) in [6, 6.07) is 14.1. The van der Waals surface area contributed by atoms with E-state index in [9.17, 15) is 9.59 Å². The van der Waals surface area contributed by atoms with Gasteiger partial charge in [0.2, 0.25) is 5.91 Å². The van der Waals surface area contributed by atoms with Crippen LogP contribution in [-0.2, 0) is 11.3 Å². The highest BCUT2D eigenvalue weighted by molar-refractivity contribution is 9.10. The molecule has 2 aromatic carbocycles. The summed E-state index contributed by atoms with van der Waals surface area (Å²) >= 11 is 6.41. The minimum atomic E-state index is -0.310. The Labute approximate surface area is 222 Å². The molecule has 1 aromatic heterocycles. The second-order valence-electron chi connectivity index (χ2n) is 7.46. The van der Waals surface area contributed by atoms with Gasteiger partial charge in [-0.2, -0.15) is 11.8 Å². The number of carbonyl (C=O) groups excluding carboxylic acids is 2. The van der Waals surface area contributed by atoms with Gasteiger partial charge in [-0.25, -0.2) is 0 Å². The molecule has 0 radical (unpaired) electrons. The molecule has 0 spiro atoms. The summed E-state index contributed by atoms with van der Waals surface area (Å²) in [5, 5.41) is 15.3. The summed E-state index contributed by atoms with van der Waals surface area (Å²) < 4.78 is 8.08. The number of ether oxygens (including phenoxy) is 1. The summed E-state index contributed by atoms with van der Waals surface area (Å²) in [4.78, 5) is 25.4. The lowest BCUT2D eigenvalue weighted by Gasteiger charge is -2.19. The minimum absolute atomic E-state index is 0.128. The number of methoxy groups -OCH3 is 1. The first-order valence-electron chi connectivity index (χ1n) is 11.0. The van der Waals surface area contributed by atoms with Crippen LogP contribution in [0.5, 0.6) is 5.75 Å². The second-order valence-corrected chi connectivity index (χ2v) is 10.3. The molecule has 1 atom stereocenters. The van der Waals surface area contributed by atoms with Crippen LogP contribution in [0.4, 0.5) is 5.69 Å². The van der Waals surface area contributed by atoms with Crippen molar-refractivity contribution in [3.05, 3.63) is 64.4 Å². The topological polar surface area (TPSA) is 98.1 Å². The molecule has 2 amide bonds. The van der Waals surface area contributed by atoms with Gasteiger partial charge in [0.05, 0.1) is 18.9 Å². The summed E-state index contributed by atoms with van der Waals surface area (Å²) in [6.07, 6.45) is 2.73. The van der Waals surface area contributed by atoms with Crippen molar-refractivity contribution in [2.75, 3.05) is 30.2 Å². The molecule has 0 bridgehead atoms. The summed E-state index contributed by atoms with van der Waals surface area (Å²) in [6.45, 7) is 2.61. The van der Waals surface area contributed by atoms with Gasteiger partial charge < -0.3 is 19.9 Å². The molecule has 3 rings (SSSR count). The Morgan fingerprint density at radius 1 is 1.11 bits per heavy atom. The van der Waals surface area contributed by atoms with E-state index >= 15 is 0 Å². The SMILES string of the molecule is CCn1c(SCC(=O)Nc2ccc(Br)cc2)nnc1[C@H](CCSC)NC(=O)c1ccc(OC)cc1. The lowest BCUT2D eigenvalue weighted by Crippen LogP contribution is -2.31. The molecule has 3 aromatic rings. The maximum absolute atomic E-state index is 12.9. The maximum Gasteiger partial charge on any atom is 0.251 e. The van der Waals surface area contributed by atoms with E-state index in [1.54, 1.807) is 43.1 Å². The molecule has 1 heterocycles. The van der Waals surface area contributed by atoms with E-state index in [0.717, 1.165) is 15.9 Å². The number of thioether (sulfide) groups is 2. The van der Waals surface area contributed by atoms with Gasteiger partial charge in [0.1, 0.15) is 5.75 Å². The van der Waals surface area contributed by atoms with Crippen LogP contribution in [0, 0.1) is 0 Å². The van der Waals surface area contributed by atoms with E-state index in [1.807, 2.05) is 42.0 Å². The number of aromatic nitrogens is 3. The Balaban J connectivity index is 1.70. The van der Waals surface area contributed by atoms with Crippen molar-refractivity contribution in [1.29, 1.82) is 0 Å². The average molecular weight is 579 g/mol. The summed E-state index contributed by atoms with van der Waals surface area (Å²) in [5.74, 6) is 2.10. The van der Waals surface area contributed by atoms with Crippen LogP contribution >= 0.6 is 39.5 Å². The third-order valence-corrected chi connectivity index (χ3v) is 7.24. The van der Waals surface area contributed by atoms with E-state index in [0.29, 0.717) is 35.3 Å². The van der Waals surface area contributed by atoms with Gasteiger partial charge in [-0.05, 0) is 73.9 Å². The van der Waals surface area contributed by atoms with Crippen LogP contribution in [0.15, 0.2) is 58.2 Å². The number of hydrogen-bond acceptors (Lipinski definition) is 7. The smallest absolute Gasteiger partial charge is 0.251 e. The number of benzene rings is 2. The first-order chi connectivity index (χ1) is 16.9. The van der Waals surface area contributed by atoms with Crippen molar-refractivity contribution in [3.8, 4) is 5.75 Å². The number of amides is 2. The zero-order valence-corrected chi connectivity index (χ0v) is 23.0. The van der Waals surface area contributed by atoms with Crippen LogP contribution in [0.25, 0.3) is 0 Å². The first kappa shape index (κ1) is 27.1. The molecule has 8 nitrogen and oxygen atoms in total. The predicted molar refractivity (Wildman–Crippen MR) is 145 cm³/mol. The number of carbonyl (C=O) groups is 2. The number of halogens is 1. The number of nitrogens with one attached hydrogen (secondary N) is 2. The second kappa shape index (κ2) is 13.6. The molecule has 0 unspecified atom stereocenters. The average Bonchev–Trinajstić information content (AvgIpc) is 3.29. The van der Waals surface area contributed by atoms with Crippen molar-refractivity contribution in [2.45, 2.75) is 31.1 Å². The fourth-order valence-corrected chi connectivity index (χ4v) is 4.85. The van der Waals surface area contributed by atoms with Gasteiger partial charge in [0, 0.05) is 22.3 Å². The number of nitrogens with zero attached hydrogens (tertiary/aromatic N) is 3. The van der Waals surface area contributed by atoms with Gasteiger partial charge in [-0.3, -0.25) is 9.59 Å².